The van der Waals surface area contributed by atoms with E-state index in [2.05, 4.69) is 40.4 Å². The summed E-state index contributed by atoms with van der Waals surface area (Å²) in [7, 11) is 0. The highest BCUT2D eigenvalue weighted by Gasteiger charge is 2.04. The highest BCUT2D eigenvalue weighted by Crippen LogP contribution is 2.17. The third-order valence-corrected chi connectivity index (χ3v) is 3.07. The molecule has 0 aromatic rings. The molecule has 0 bridgehead atoms. The molecule has 4 heteroatoms. The van der Waals surface area contributed by atoms with E-state index in [9.17, 15) is 0 Å². The Kier molecular flexibility index (Phi) is 8.45. The van der Waals surface area contributed by atoms with Crippen LogP contribution in [0.2, 0.25) is 0 Å². The van der Waals surface area contributed by atoms with Gasteiger partial charge in [-0.1, -0.05) is 30.9 Å². The van der Waals surface area contributed by atoms with E-state index in [0.717, 1.165) is 49.3 Å². The second-order valence-electron chi connectivity index (χ2n) is 4.70. The summed E-state index contributed by atoms with van der Waals surface area (Å²) in [6.07, 6.45) is 16.8. The molecule has 4 N–H and O–H groups in total. The predicted octanol–water partition coefficient (Wildman–Crippen LogP) is 2.75. The molecule has 0 amide bonds. The minimum absolute atomic E-state index is 0.757. The lowest BCUT2D eigenvalue weighted by molar-refractivity contribution is 0.738. The van der Waals surface area contributed by atoms with Gasteiger partial charge in [0.25, 0.3) is 0 Å². The zero-order valence-electron chi connectivity index (χ0n) is 12.8. The maximum absolute atomic E-state index is 6.18. The lowest BCUT2D eigenvalue weighted by atomic mass is 10.0. The van der Waals surface area contributed by atoms with E-state index in [1.54, 1.807) is 12.4 Å². The van der Waals surface area contributed by atoms with Crippen molar-refractivity contribution in [1.82, 2.24) is 10.6 Å². The third kappa shape index (κ3) is 7.20. The molecular formula is C17H26N4. The summed E-state index contributed by atoms with van der Waals surface area (Å²) >= 11 is 0. The van der Waals surface area contributed by atoms with Crippen molar-refractivity contribution in [3.8, 4) is 0 Å². The van der Waals surface area contributed by atoms with Crippen molar-refractivity contribution in [3.63, 3.8) is 0 Å². The molecule has 1 rings (SSSR count). The Morgan fingerprint density at radius 3 is 3.10 bits per heavy atom. The van der Waals surface area contributed by atoms with Crippen molar-refractivity contribution in [2.24, 2.45) is 10.7 Å². The van der Waals surface area contributed by atoms with Crippen molar-refractivity contribution in [2.75, 3.05) is 13.1 Å². The molecule has 0 aliphatic heterocycles. The summed E-state index contributed by atoms with van der Waals surface area (Å²) in [4.78, 5) is 3.96. The quantitative estimate of drug-likeness (QED) is 0.498. The van der Waals surface area contributed by atoms with Crippen molar-refractivity contribution >= 4 is 6.21 Å². The van der Waals surface area contributed by atoms with Crippen LogP contribution in [0, 0.1) is 0 Å². The average Bonchev–Trinajstić information content (AvgIpc) is 2.45. The molecule has 0 spiro atoms. The monoisotopic (exact) mass is 286 g/mol. The zero-order valence-corrected chi connectivity index (χ0v) is 12.8. The molecule has 0 aromatic heterocycles. The molecule has 0 saturated heterocycles. The van der Waals surface area contributed by atoms with Crippen molar-refractivity contribution in [3.05, 3.63) is 60.3 Å². The second-order valence-corrected chi connectivity index (χ2v) is 4.70. The highest BCUT2D eigenvalue weighted by molar-refractivity contribution is 5.54. The van der Waals surface area contributed by atoms with Gasteiger partial charge in [0.05, 0.1) is 11.4 Å². The Morgan fingerprint density at radius 1 is 1.43 bits per heavy atom. The van der Waals surface area contributed by atoms with Crippen LogP contribution >= 0.6 is 0 Å². The van der Waals surface area contributed by atoms with Crippen molar-refractivity contribution in [2.45, 2.75) is 26.2 Å². The average molecular weight is 286 g/mol. The van der Waals surface area contributed by atoms with Crippen LogP contribution in [-0.4, -0.2) is 19.3 Å². The minimum atomic E-state index is 0.757. The molecule has 0 atom stereocenters. The maximum Gasteiger partial charge on any atom is 0.0576 e. The summed E-state index contributed by atoms with van der Waals surface area (Å²) in [6.45, 7) is 7.44. The van der Waals surface area contributed by atoms with Crippen molar-refractivity contribution in [1.29, 1.82) is 0 Å². The smallest absolute Gasteiger partial charge is 0.0576 e. The molecule has 0 heterocycles. The third-order valence-electron chi connectivity index (χ3n) is 3.07. The fourth-order valence-electron chi connectivity index (χ4n) is 1.90. The molecule has 0 unspecified atom stereocenters. The van der Waals surface area contributed by atoms with E-state index in [4.69, 9.17) is 5.73 Å². The number of aliphatic imine (C=N–C) groups is 1. The van der Waals surface area contributed by atoms with Crippen LogP contribution in [0.1, 0.15) is 26.2 Å². The van der Waals surface area contributed by atoms with Crippen LogP contribution in [0.15, 0.2) is 65.2 Å². The first-order valence-electron chi connectivity index (χ1n) is 7.37. The van der Waals surface area contributed by atoms with E-state index in [1.807, 2.05) is 19.2 Å². The fraction of sp³-hybridized carbons (Fsp3) is 0.353. The Balaban J connectivity index is 2.39. The van der Waals surface area contributed by atoms with Crippen LogP contribution in [0.5, 0.6) is 0 Å². The van der Waals surface area contributed by atoms with Gasteiger partial charge in [0, 0.05) is 31.7 Å². The minimum Gasteiger partial charge on any atom is -0.397 e. The molecule has 114 valence electrons. The molecule has 1 aliphatic carbocycles. The summed E-state index contributed by atoms with van der Waals surface area (Å²) in [5.41, 5.74) is 8.88. The number of hydrogen-bond acceptors (Lipinski definition) is 4. The van der Waals surface area contributed by atoms with Crippen LogP contribution in [0.3, 0.4) is 0 Å². The molecule has 4 nitrogen and oxygen atoms in total. The van der Waals surface area contributed by atoms with Gasteiger partial charge in [-0.25, -0.2) is 0 Å². The maximum atomic E-state index is 6.18. The Labute approximate surface area is 127 Å². The number of nitrogens with one attached hydrogen (secondary N) is 2. The zero-order chi connectivity index (χ0) is 15.3. The standard InChI is InChI=1S/C17H26N4/c1-3-19-11-12-20-13-14-21-15(2)17(18)16-9-7-5-4-6-8-10-16/h3-5,7,9,11-12,20-21H,2,6,8,10,13-14,18H2,1H3/b5-4+,9-7-,12-11-,17-16+,19-3?. The van der Waals surface area contributed by atoms with Crippen LogP contribution in [0.4, 0.5) is 0 Å². The van der Waals surface area contributed by atoms with E-state index in [1.165, 1.54) is 0 Å². The van der Waals surface area contributed by atoms with Gasteiger partial charge >= 0.3 is 0 Å². The Hall–Kier alpha value is -2.23. The first-order valence-corrected chi connectivity index (χ1v) is 7.37. The van der Waals surface area contributed by atoms with Crippen LogP contribution in [0.25, 0.3) is 0 Å². The highest BCUT2D eigenvalue weighted by atomic mass is 15.0. The van der Waals surface area contributed by atoms with Crippen LogP contribution < -0.4 is 16.4 Å². The van der Waals surface area contributed by atoms with Gasteiger partial charge in [-0.2, -0.15) is 0 Å². The summed E-state index contributed by atoms with van der Waals surface area (Å²) in [5, 5.41) is 6.38. The first kappa shape index (κ1) is 16.8. The topological polar surface area (TPSA) is 62.4 Å². The van der Waals surface area contributed by atoms with Gasteiger partial charge in [-0.3, -0.25) is 4.99 Å². The summed E-state index contributed by atoms with van der Waals surface area (Å²) < 4.78 is 0. The molecule has 0 saturated carbocycles. The molecule has 21 heavy (non-hydrogen) atoms. The van der Waals surface area contributed by atoms with Gasteiger partial charge in [0.1, 0.15) is 0 Å². The van der Waals surface area contributed by atoms with Gasteiger partial charge in [0.2, 0.25) is 0 Å². The molecule has 1 aliphatic rings. The van der Waals surface area contributed by atoms with Crippen LogP contribution in [-0.2, 0) is 0 Å². The lowest BCUT2D eigenvalue weighted by Crippen LogP contribution is -2.26. The number of rotatable bonds is 7. The lowest BCUT2D eigenvalue weighted by Gasteiger charge is -2.14. The largest absolute Gasteiger partial charge is 0.397 e. The number of hydrogen-bond donors (Lipinski definition) is 3. The SMILES string of the molecule is C=C(NCCN/C=C\N=CC)/C(N)=C1/C=C\C=C\CCC1. The van der Waals surface area contributed by atoms with E-state index >= 15 is 0 Å². The first-order chi connectivity index (χ1) is 10.3. The fourth-order valence-corrected chi connectivity index (χ4v) is 1.90. The molecule has 0 fully saturated rings. The van der Waals surface area contributed by atoms with E-state index in [-0.39, 0.29) is 0 Å². The van der Waals surface area contributed by atoms with Gasteiger partial charge < -0.3 is 16.4 Å². The number of nitrogens with two attached hydrogens (primary N) is 1. The second kappa shape index (κ2) is 10.5. The number of allylic oxidation sites excluding steroid dienone is 5. The number of nitrogens with zero attached hydrogens (tertiary/aromatic N) is 1. The van der Waals surface area contributed by atoms with Gasteiger partial charge in [-0.05, 0) is 31.8 Å². The Bertz CT molecular complexity index is 467. The van der Waals surface area contributed by atoms with E-state index in [0.29, 0.717) is 0 Å². The van der Waals surface area contributed by atoms with E-state index < -0.39 is 0 Å². The Morgan fingerprint density at radius 2 is 2.29 bits per heavy atom. The summed E-state index contributed by atoms with van der Waals surface area (Å²) in [6, 6.07) is 0. The summed E-state index contributed by atoms with van der Waals surface area (Å²) in [5.74, 6) is 0. The molecule has 0 aromatic carbocycles. The normalized spacial score (nSPS) is 20.8. The molecular weight excluding hydrogens is 260 g/mol. The van der Waals surface area contributed by atoms with Gasteiger partial charge in [0.15, 0.2) is 0 Å². The van der Waals surface area contributed by atoms with Crippen molar-refractivity contribution < 1.29 is 0 Å². The van der Waals surface area contributed by atoms with Gasteiger partial charge in [-0.15, -0.1) is 0 Å². The predicted molar refractivity (Wildman–Crippen MR) is 91.8 cm³/mol. The molecule has 0 radical (unpaired) electrons.